The maximum Gasteiger partial charge on any atom is 0.123 e. The molecule has 2 fully saturated rings. The van der Waals surface area contributed by atoms with Gasteiger partial charge >= 0.3 is 0 Å². The molecule has 0 radical (unpaired) electrons. The van der Waals surface area contributed by atoms with Crippen molar-refractivity contribution in [2.24, 2.45) is 17.8 Å². The molecule has 0 amide bonds. The van der Waals surface area contributed by atoms with E-state index in [9.17, 15) is 4.39 Å². The van der Waals surface area contributed by atoms with Gasteiger partial charge in [0, 0.05) is 39.3 Å². The average molecular weight is 300 g/mol. The van der Waals surface area contributed by atoms with Gasteiger partial charge in [-0.2, -0.15) is 0 Å². The maximum atomic E-state index is 12.9. The second kappa shape index (κ2) is 6.13. The first-order valence-electron chi connectivity index (χ1n) is 8.64. The van der Waals surface area contributed by atoms with Gasteiger partial charge in [0.05, 0.1) is 0 Å². The van der Waals surface area contributed by atoms with Gasteiger partial charge in [-0.15, -0.1) is 0 Å². The highest BCUT2D eigenvalue weighted by molar-refractivity contribution is 5.16. The first-order valence-corrected chi connectivity index (χ1v) is 8.64. The number of halogens is 1. The lowest BCUT2D eigenvalue weighted by atomic mass is 9.93. The normalized spacial score (nSPS) is 32.0. The Bertz CT molecular complexity index is 531. The molecule has 118 valence electrons. The van der Waals surface area contributed by atoms with E-state index in [1.165, 1.54) is 38.0 Å². The number of benzene rings is 1. The van der Waals surface area contributed by atoms with Crippen LogP contribution in [0.2, 0.25) is 0 Å². The largest absolute Gasteiger partial charge is 0.300 e. The second-order valence-corrected chi connectivity index (χ2v) is 7.24. The summed E-state index contributed by atoms with van der Waals surface area (Å²) in [5, 5.41) is 0. The van der Waals surface area contributed by atoms with Gasteiger partial charge < -0.3 is 4.90 Å². The lowest BCUT2D eigenvalue weighted by Gasteiger charge is -2.37. The third-order valence-corrected chi connectivity index (χ3v) is 5.69. The molecular formula is C19H25FN2. The van der Waals surface area contributed by atoms with Crippen LogP contribution in [-0.4, -0.2) is 42.5 Å². The van der Waals surface area contributed by atoms with Crippen molar-refractivity contribution in [2.45, 2.75) is 19.4 Å². The van der Waals surface area contributed by atoms with E-state index in [0.29, 0.717) is 0 Å². The van der Waals surface area contributed by atoms with Gasteiger partial charge in [0.1, 0.15) is 5.82 Å². The molecule has 0 N–H and O–H groups in total. The highest BCUT2D eigenvalue weighted by atomic mass is 19.1. The topological polar surface area (TPSA) is 6.48 Å². The van der Waals surface area contributed by atoms with E-state index >= 15 is 0 Å². The van der Waals surface area contributed by atoms with Crippen LogP contribution in [0.3, 0.4) is 0 Å². The van der Waals surface area contributed by atoms with Gasteiger partial charge in [0.25, 0.3) is 0 Å². The number of hydrogen-bond donors (Lipinski definition) is 0. The fraction of sp³-hybridized carbons (Fsp3) is 0.579. The summed E-state index contributed by atoms with van der Waals surface area (Å²) in [5.74, 6) is 2.50. The second-order valence-electron chi connectivity index (χ2n) is 7.24. The molecule has 2 nitrogen and oxygen atoms in total. The molecule has 1 aromatic carbocycles. The molecule has 1 aliphatic heterocycles. The Morgan fingerprint density at radius 3 is 2.27 bits per heavy atom. The maximum absolute atomic E-state index is 12.9. The van der Waals surface area contributed by atoms with Crippen LogP contribution in [-0.2, 0) is 6.54 Å². The van der Waals surface area contributed by atoms with E-state index in [4.69, 9.17) is 0 Å². The van der Waals surface area contributed by atoms with Gasteiger partial charge in [-0.05, 0) is 48.3 Å². The Kier molecular flexibility index (Phi) is 4.01. The molecule has 1 saturated carbocycles. The molecule has 0 spiro atoms. The highest BCUT2D eigenvalue weighted by Gasteiger charge is 2.36. The van der Waals surface area contributed by atoms with Crippen LogP contribution in [0.25, 0.3) is 0 Å². The molecular weight excluding hydrogens is 275 g/mol. The van der Waals surface area contributed by atoms with Crippen LogP contribution in [0, 0.1) is 23.6 Å². The summed E-state index contributed by atoms with van der Waals surface area (Å²) in [6.45, 7) is 6.86. The van der Waals surface area contributed by atoms with Gasteiger partial charge in [0.15, 0.2) is 0 Å². The zero-order valence-electron chi connectivity index (χ0n) is 13.1. The first kappa shape index (κ1) is 14.4. The zero-order valence-corrected chi connectivity index (χ0v) is 13.1. The molecule has 3 heteroatoms. The van der Waals surface area contributed by atoms with Crippen LogP contribution in [0.5, 0.6) is 0 Å². The molecule has 2 bridgehead atoms. The van der Waals surface area contributed by atoms with Crippen molar-refractivity contribution in [3.8, 4) is 0 Å². The van der Waals surface area contributed by atoms with Crippen molar-refractivity contribution >= 4 is 0 Å². The van der Waals surface area contributed by atoms with Gasteiger partial charge in [0.2, 0.25) is 0 Å². The Morgan fingerprint density at radius 2 is 1.64 bits per heavy atom. The van der Waals surface area contributed by atoms with E-state index in [-0.39, 0.29) is 5.82 Å². The third kappa shape index (κ3) is 3.11. The van der Waals surface area contributed by atoms with Crippen molar-refractivity contribution < 1.29 is 4.39 Å². The predicted molar refractivity (Wildman–Crippen MR) is 87.0 cm³/mol. The minimum atomic E-state index is -0.145. The van der Waals surface area contributed by atoms with Crippen LogP contribution in [0.15, 0.2) is 36.4 Å². The molecule has 3 atom stereocenters. The molecule has 1 aromatic rings. The van der Waals surface area contributed by atoms with Gasteiger partial charge in [-0.1, -0.05) is 24.3 Å². The Hall–Kier alpha value is -1.19. The predicted octanol–water partition coefficient (Wildman–Crippen LogP) is 3.16. The molecule has 22 heavy (non-hydrogen) atoms. The van der Waals surface area contributed by atoms with Crippen molar-refractivity contribution in [3.63, 3.8) is 0 Å². The molecule has 2 aliphatic carbocycles. The number of allylic oxidation sites excluding steroid dienone is 2. The minimum Gasteiger partial charge on any atom is -0.300 e. The van der Waals surface area contributed by atoms with Crippen molar-refractivity contribution in [1.29, 1.82) is 0 Å². The average Bonchev–Trinajstić information content (AvgIpc) is 3.14. The lowest BCUT2D eigenvalue weighted by Crippen LogP contribution is -2.47. The Morgan fingerprint density at radius 1 is 0.909 bits per heavy atom. The quantitative estimate of drug-likeness (QED) is 0.788. The van der Waals surface area contributed by atoms with Crippen molar-refractivity contribution in [2.75, 3.05) is 32.7 Å². The Balaban J connectivity index is 1.24. The van der Waals surface area contributed by atoms with Gasteiger partial charge in [-0.3, -0.25) is 4.90 Å². The van der Waals surface area contributed by atoms with E-state index in [0.717, 1.165) is 37.4 Å². The number of rotatable bonds is 4. The third-order valence-electron chi connectivity index (χ3n) is 5.69. The van der Waals surface area contributed by atoms with E-state index in [2.05, 4.69) is 22.0 Å². The molecule has 0 aromatic heterocycles. The number of fused-ring (bicyclic) bond motifs is 2. The van der Waals surface area contributed by atoms with E-state index < -0.39 is 0 Å². The van der Waals surface area contributed by atoms with E-state index in [1.807, 2.05) is 12.1 Å². The highest BCUT2D eigenvalue weighted by Crippen LogP contribution is 2.43. The number of hydrogen-bond acceptors (Lipinski definition) is 2. The van der Waals surface area contributed by atoms with Crippen molar-refractivity contribution in [3.05, 3.63) is 47.8 Å². The van der Waals surface area contributed by atoms with Gasteiger partial charge in [-0.25, -0.2) is 4.39 Å². The fourth-order valence-electron chi connectivity index (χ4n) is 4.41. The minimum absolute atomic E-state index is 0.145. The SMILES string of the molecule is Fc1ccc(CN2CCN(C[C@@H]3C[C@@H]4C=C[C@H]3C4)CC2)cc1. The van der Waals surface area contributed by atoms with Crippen molar-refractivity contribution in [1.82, 2.24) is 9.80 Å². The van der Waals surface area contributed by atoms with Crippen LogP contribution >= 0.6 is 0 Å². The molecule has 1 heterocycles. The Labute approximate surface area is 132 Å². The number of piperazine rings is 1. The summed E-state index contributed by atoms with van der Waals surface area (Å²) in [4.78, 5) is 5.14. The standard InChI is InChI=1S/C19H25FN2/c20-19-5-2-15(3-6-19)13-21-7-9-22(10-8-21)14-18-12-16-1-4-17(18)11-16/h1-6,16-18H,7-14H2/t16-,17+,18+/m1/s1. The smallest absolute Gasteiger partial charge is 0.123 e. The summed E-state index contributed by atoms with van der Waals surface area (Å²) in [6, 6.07) is 6.94. The molecule has 3 aliphatic rings. The summed E-state index contributed by atoms with van der Waals surface area (Å²) in [6.07, 6.45) is 7.72. The van der Waals surface area contributed by atoms with Crippen LogP contribution in [0.1, 0.15) is 18.4 Å². The van der Waals surface area contributed by atoms with Crippen LogP contribution < -0.4 is 0 Å². The monoisotopic (exact) mass is 300 g/mol. The zero-order chi connectivity index (χ0) is 14.9. The number of nitrogens with zero attached hydrogens (tertiary/aromatic N) is 2. The first-order chi connectivity index (χ1) is 10.8. The lowest BCUT2D eigenvalue weighted by molar-refractivity contribution is 0.108. The molecule has 4 rings (SSSR count). The summed E-state index contributed by atoms with van der Waals surface area (Å²) in [5.41, 5.74) is 1.22. The van der Waals surface area contributed by atoms with Crippen LogP contribution in [0.4, 0.5) is 4.39 Å². The summed E-state index contributed by atoms with van der Waals surface area (Å²) >= 11 is 0. The fourth-order valence-corrected chi connectivity index (χ4v) is 4.41. The molecule has 1 saturated heterocycles. The summed E-state index contributed by atoms with van der Waals surface area (Å²) < 4.78 is 12.9. The summed E-state index contributed by atoms with van der Waals surface area (Å²) in [7, 11) is 0. The van der Waals surface area contributed by atoms with E-state index in [1.54, 1.807) is 12.1 Å². The molecule has 0 unspecified atom stereocenters.